The molecule has 8 heteroatoms. The van der Waals surface area contributed by atoms with E-state index in [1.54, 1.807) is 11.8 Å². The fraction of sp³-hybridized carbons (Fsp3) is 0.579. The van der Waals surface area contributed by atoms with Crippen molar-refractivity contribution in [1.82, 2.24) is 5.32 Å². The van der Waals surface area contributed by atoms with E-state index in [4.69, 9.17) is 15.5 Å². The van der Waals surface area contributed by atoms with Crippen molar-refractivity contribution in [2.24, 2.45) is 16.6 Å². The van der Waals surface area contributed by atoms with Crippen LogP contribution >= 0.6 is 27.7 Å². The highest BCUT2D eigenvalue weighted by Gasteiger charge is 2.54. The Kier molecular flexibility index (Phi) is 4.71. The Bertz CT molecular complexity index is 810. The normalized spacial score (nSPS) is 32.3. The highest BCUT2D eigenvalue weighted by Crippen LogP contribution is 2.54. The SMILES string of the molecule is CC(C)(O)C(=O)NC1CCC2Oc3ccc(Br)cc3C3(CSC(N)=N3)C2C1. The van der Waals surface area contributed by atoms with E-state index in [-0.39, 0.29) is 24.0 Å². The summed E-state index contributed by atoms with van der Waals surface area (Å²) in [5.41, 5.74) is 5.32. The molecule has 4 atom stereocenters. The largest absolute Gasteiger partial charge is 0.490 e. The van der Waals surface area contributed by atoms with Crippen LogP contribution in [0.3, 0.4) is 0 Å². The predicted molar refractivity (Wildman–Crippen MR) is 110 cm³/mol. The Morgan fingerprint density at radius 2 is 2.26 bits per heavy atom. The maximum atomic E-state index is 12.3. The van der Waals surface area contributed by atoms with Gasteiger partial charge in [-0.1, -0.05) is 27.7 Å². The predicted octanol–water partition coefficient (Wildman–Crippen LogP) is 2.52. The van der Waals surface area contributed by atoms with Gasteiger partial charge in [0, 0.05) is 27.7 Å². The molecule has 2 heterocycles. The first-order chi connectivity index (χ1) is 12.7. The standard InChI is InChI=1S/C19H24BrN3O3S/c1-18(2,25)16(24)22-11-4-6-15-13(8-11)19(9-27-17(21)23-19)12-7-10(20)3-5-14(12)26-15/h3,5,7,11,13,15,25H,4,6,8-9H2,1-2H3,(H2,21,23)(H,22,24). The monoisotopic (exact) mass is 453 g/mol. The summed E-state index contributed by atoms with van der Waals surface area (Å²) >= 11 is 5.14. The van der Waals surface area contributed by atoms with Gasteiger partial charge in [0.1, 0.15) is 23.0 Å². The highest BCUT2D eigenvalue weighted by atomic mass is 79.9. The summed E-state index contributed by atoms with van der Waals surface area (Å²) in [4.78, 5) is 17.2. The summed E-state index contributed by atoms with van der Waals surface area (Å²) < 4.78 is 7.31. The molecule has 2 aliphatic heterocycles. The minimum Gasteiger partial charge on any atom is -0.490 e. The number of halogens is 1. The lowest BCUT2D eigenvalue weighted by atomic mass is 9.67. The zero-order chi connectivity index (χ0) is 19.4. The minimum atomic E-state index is -1.39. The summed E-state index contributed by atoms with van der Waals surface area (Å²) in [5, 5.41) is 13.6. The molecule has 4 unspecified atom stereocenters. The molecule has 4 N–H and O–H groups in total. The highest BCUT2D eigenvalue weighted by molar-refractivity contribution is 9.10. The van der Waals surface area contributed by atoms with Gasteiger partial charge in [-0.3, -0.25) is 4.79 Å². The number of rotatable bonds is 2. The molecule has 1 aromatic rings. The molecule has 27 heavy (non-hydrogen) atoms. The number of amidine groups is 1. The lowest BCUT2D eigenvalue weighted by molar-refractivity contribution is -0.138. The minimum absolute atomic E-state index is 0.0126. The molecule has 1 spiro atoms. The lowest BCUT2D eigenvalue weighted by Gasteiger charge is -2.48. The van der Waals surface area contributed by atoms with Gasteiger partial charge in [0.25, 0.3) is 5.91 Å². The van der Waals surface area contributed by atoms with Crippen LogP contribution in [0, 0.1) is 5.92 Å². The van der Waals surface area contributed by atoms with E-state index >= 15 is 0 Å². The zero-order valence-corrected chi connectivity index (χ0v) is 17.8. The Morgan fingerprint density at radius 1 is 1.48 bits per heavy atom. The molecule has 0 saturated heterocycles. The van der Waals surface area contributed by atoms with Crippen LogP contribution in [0.1, 0.15) is 38.7 Å². The van der Waals surface area contributed by atoms with Crippen molar-refractivity contribution >= 4 is 38.8 Å². The number of thioether (sulfide) groups is 1. The Morgan fingerprint density at radius 3 is 2.93 bits per heavy atom. The summed E-state index contributed by atoms with van der Waals surface area (Å²) in [6.07, 6.45) is 2.44. The van der Waals surface area contributed by atoms with Gasteiger partial charge in [0.15, 0.2) is 5.17 Å². The van der Waals surface area contributed by atoms with E-state index in [0.29, 0.717) is 5.17 Å². The van der Waals surface area contributed by atoms with Gasteiger partial charge in [0.05, 0.1) is 0 Å². The van der Waals surface area contributed by atoms with Crippen LogP contribution in [0.5, 0.6) is 5.75 Å². The molecule has 0 aromatic heterocycles. The van der Waals surface area contributed by atoms with E-state index < -0.39 is 11.1 Å². The summed E-state index contributed by atoms with van der Waals surface area (Å²) in [6, 6.07) is 6.04. The third-order valence-electron chi connectivity index (χ3n) is 5.73. The molecule has 1 aromatic carbocycles. The topological polar surface area (TPSA) is 96.9 Å². The number of ether oxygens (including phenoxy) is 1. The van der Waals surface area contributed by atoms with Crippen LogP contribution in [0.25, 0.3) is 0 Å². The van der Waals surface area contributed by atoms with Gasteiger partial charge < -0.3 is 20.9 Å². The number of hydrogen-bond acceptors (Lipinski definition) is 6. The van der Waals surface area contributed by atoms with Crippen LogP contribution < -0.4 is 15.8 Å². The first kappa shape index (κ1) is 19.1. The van der Waals surface area contributed by atoms with Crippen LogP contribution in [0.4, 0.5) is 0 Å². The van der Waals surface area contributed by atoms with Crippen LogP contribution in [0.15, 0.2) is 27.7 Å². The first-order valence-electron chi connectivity index (χ1n) is 9.17. The number of aliphatic imine (C=N–C) groups is 1. The summed E-state index contributed by atoms with van der Waals surface area (Å²) in [6.45, 7) is 3.01. The average molecular weight is 454 g/mol. The molecular weight excluding hydrogens is 430 g/mol. The molecule has 1 fully saturated rings. The van der Waals surface area contributed by atoms with Crippen molar-refractivity contribution < 1.29 is 14.6 Å². The first-order valence-corrected chi connectivity index (χ1v) is 10.9. The van der Waals surface area contributed by atoms with Gasteiger partial charge >= 0.3 is 0 Å². The number of amides is 1. The fourth-order valence-corrected chi connectivity index (χ4v) is 5.75. The number of aliphatic hydroxyl groups is 1. The van der Waals surface area contributed by atoms with Gasteiger partial charge in [-0.05, 0) is 51.3 Å². The molecule has 3 aliphatic rings. The number of fused-ring (bicyclic) bond motifs is 4. The molecule has 1 saturated carbocycles. The zero-order valence-electron chi connectivity index (χ0n) is 15.4. The molecule has 1 amide bonds. The third-order valence-corrected chi connectivity index (χ3v) is 7.19. The smallest absolute Gasteiger partial charge is 0.251 e. The molecule has 0 radical (unpaired) electrons. The van der Waals surface area contributed by atoms with Crippen molar-refractivity contribution in [2.45, 2.75) is 56.4 Å². The number of hydrogen-bond donors (Lipinski definition) is 3. The Hall–Kier alpha value is -1.25. The lowest BCUT2D eigenvalue weighted by Crippen LogP contribution is -2.55. The van der Waals surface area contributed by atoms with Gasteiger partial charge in [0.2, 0.25) is 0 Å². The number of nitrogens with one attached hydrogen (secondary N) is 1. The van der Waals surface area contributed by atoms with E-state index in [1.165, 1.54) is 13.8 Å². The van der Waals surface area contributed by atoms with Crippen LogP contribution in [0.2, 0.25) is 0 Å². The molecule has 4 rings (SSSR count). The second-order valence-corrected chi connectivity index (χ2v) is 10.0. The average Bonchev–Trinajstić information content (AvgIpc) is 2.98. The quantitative estimate of drug-likeness (QED) is 0.638. The third kappa shape index (κ3) is 3.36. The van der Waals surface area contributed by atoms with E-state index in [9.17, 15) is 9.90 Å². The van der Waals surface area contributed by atoms with Crippen LogP contribution in [-0.2, 0) is 10.3 Å². The van der Waals surface area contributed by atoms with E-state index in [1.807, 2.05) is 12.1 Å². The molecule has 1 aliphatic carbocycles. The summed E-state index contributed by atoms with van der Waals surface area (Å²) in [5.74, 6) is 1.42. The fourth-order valence-electron chi connectivity index (χ4n) is 4.36. The van der Waals surface area contributed by atoms with Crippen molar-refractivity contribution in [2.75, 3.05) is 5.75 Å². The van der Waals surface area contributed by atoms with E-state index in [0.717, 1.165) is 40.8 Å². The number of benzene rings is 1. The maximum Gasteiger partial charge on any atom is 0.251 e. The van der Waals surface area contributed by atoms with Crippen molar-refractivity contribution in [3.8, 4) is 5.75 Å². The molecular formula is C19H24BrN3O3S. The van der Waals surface area contributed by atoms with Gasteiger partial charge in [-0.15, -0.1) is 0 Å². The second-order valence-electron chi connectivity index (χ2n) is 8.11. The Labute approximate surface area is 171 Å². The number of nitrogens with zero attached hydrogens (tertiary/aromatic N) is 1. The maximum absolute atomic E-state index is 12.3. The van der Waals surface area contributed by atoms with Crippen LogP contribution in [-0.4, -0.2) is 39.7 Å². The van der Waals surface area contributed by atoms with Crippen molar-refractivity contribution in [3.63, 3.8) is 0 Å². The van der Waals surface area contributed by atoms with E-state index in [2.05, 4.69) is 27.3 Å². The van der Waals surface area contributed by atoms with Crippen molar-refractivity contribution in [1.29, 1.82) is 0 Å². The number of carbonyl (C=O) groups excluding carboxylic acids is 1. The summed E-state index contributed by atoms with van der Waals surface area (Å²) in [7, 11) is 0. The molecule has 0 bridgehead atoms. The number of carbonyl (C=O) groups is 1. The molecule has 146 valence electrons. The van der Waals surface area contributed by atoms with Gasteiger partial charge in [-0.25, -0.2) is 4.99 Å². The van der Waals surface area contributed by atoms with Crippen molar-refractivity contribution in [3.05, 3.63) is 28.2 Å². The van der Waals surface area contributed by atoms with Gasteiger partial charge in [-0.2, -0.15) is 0 Å². The number of nitrogens with two attached hydrogens (primary N) is 1. The second kappa shape index (κ2) is 6.67. The Balaban J connectivity index is 1.68. The molecule has 6 nitrogen and oxygen atoms in total.